The predicted octanol–water partition coefficient (Wildman–Crippen LogP) is 6.99. The lowest BCUT2D eigenvalue weighted by Crippen LogP contribution is -2.45. The Bertz CT molecular complexity index is 1910. The molecule has 1 fully saturated rings. The summed E-state index contributed by atoms with van der Waals surface area (Å²) in [7, 11) is 0. The molecule has 53 heavy (non-hydrogen) atoms. The molecule has 0 radical (unpaired) electrons. The van der Waals surface area contributed by atoms with Gasteiger partial charge in [0.2, 0.25) is 11.1 Å². The van der Waals surface area contributed by atoms with Gasteiger partial charge in [0.15, 0.2) is 5.25 Å². The first-order chi connectivity index (χ1) is 25.5. The van der Waals surface area contributed by atoms with Crippen molar-refractivity contribution in [2.24, 2.45) is 5.10 Å². The van der Waals surface area contributed by atoms with Gasteiger partial charge in [-0.3, -0.25) is 9.59 Å². The Balaban J connectivity index is 1.08. The number of amidine groups is 1. The zero-order valence-corrected chi connectivity index (χ0v) is 32.4. The van der Waals surface area contributed by atoms with Crippen LogP contribution < -0.4 is 15.1 Å². The third kappa shape index (κ3) is 8.73. The van der Waals surface area contributed by atoms with Crippen LogP contribution in [0.25, 0.3) is 5.69 Å². The average molecular weight is 739 g/mol. The van der Waals surface area contributed by atoms with Crippen molar-refractivity contribution in [1.29, 1.82) is 0 Å². The van der Waals surface area contributed by atoms with Gasteiger partial charge in [0, 0.05) is 30.8 Å². The summed E-state index contributed by atoms with van der Waals surface area (Å²) in [6, 6.07) is 23.3. The Kier molecular flexibility index (Phi) is 11.8. The number of hydrogen-bond donors (Lipinski definition) is 1. The van der Waals surface area contributed by atoms with Gasteiger partial charge in [0.1, 0.15) is 11.6 Å². The SMILES string of the molecule is CCC(C)(C)c1ccc(OCCCC(=O)Nc2ccc(N3N=C(N4CCOCC4)[C@@H](Sc4nnnn4-c4ccccc4)C3=O)cc2)c(C(C)(C)CC)c1. The van der Waals surface area contributed by atoms with E-state index >= 15 is 0 Å². The number of carbonyl (C=O) groups excluding carboxylic acids is 2. The number of nitrogens with zero attached hydrogens (tertiary/aromatic N) is 7. The summed E-state index contributed by atoms with van der Waals surface area (Å²) >= 11 is 1.27. The fraction of sp³-hybridized carbons (Fsp3) is 0.450. The molecule has 3 heterocycles. The largest absolute Gasteiger partial charge is 0.493 e. The van der Waals surface area contributed by atoms with Crippen LogP contribution in [-0.4, -0.2) is 80.9 Å². The van der Waals surface area contributed by atoms with Crippen LogP contribution in [0.4, 0.5) is 11.4 Å². The van der Waals surface area contributed by atoms with Gasteiger partial charge in [-0.25, -0.2) is 0 Å². The number of benzene rings is 3. The highest BCUT2D eigenvalue weighted by Crippen LogP contribution is 2.39. The van der Waals surface area contributed by atoms with Crippen molar-refractivity contribution in [3.8, 4) is 11.4 Å². The highest BCUT2D eigenvalue weighted by molar-refractivity contribution is 8.01. The summed E-state index contributed by atoms with van der Waals surface area (Å²) in [4.78, 5) is 29.0. The lowest BCUT2D eigenvalue weighted by Gasteiger charge is -2.30. The summed E-state index contributed by atoms with van der Waals surface area (Å²) in [5.74, 6) is 1.21. The summed E-state index contributed by atoms with van der Waals surface area (Å²) in [6.07, 6.45) is 2.93. The molecule has 13 heteroatoms. The van der Waals surface area contributed by atoms with E-state index in [2.05, 4.69) is 85.5 Å². The molecule has 1 N–H and O–H groups in total. The maximum atomic E-state index is 14.0. The van der Waals surface area contributed by atoms with Gasteiger partial charge in [-0.2, -0.15) is 14.8 Å². The van der Waals surface area contributed by atoms with Crippen LogP contribution in [0.2, 0.25) is 0 Å². The quantitative estimate of drug-likeness (QED) is 0.136. The molecule has 0 bridgehead atoms. The Morgan fingerprint density at radius 2 is 1.66 bits per heavy atom. The highest BCUT2D eigenvalue weighted by Gasteiger charge is 2.42. The van der Waals surface area contributed by atoms with Gasteiger partial charge in [-0.15, -0.1) is 5.10 Å². The number of anilines is 2. The van der Waals surface area contributed by atoms with Crippen molar-refractivity contribution in [2.75, 3.05) is 43.2 Å². The smallest absolute Gasteiger partial charge is 0.268 e. The number of amides is 2. The molecule has 0 saturated carbocycles. The molecule has 6 rings (SSSR count). The Morgan fingerprint density at radius 3 is 2.36 bits per heavy atom. The fourth-order valence-electron chi connectivity index (χ4n) is 6.15. The number of hydrazone groups is 1. The molecular weight excluding hydrogens is 689 g/mol. The first kappa shape index (κ1) is 38.0. The molecule has 2 aliphatic rings. The monoisotopic (exact) mass is 738 g/mol. The van der Waals surface area contributed by atoms with E-state index in [1.54, 1.807) is 28.9 Å². The molecule has 2 amide bonds. The number of hydrogen-bond acceptors (Lipinski definition) is 10. The standard InChI is InChI=1S/C40H50N8O4S/c1-7-39(3,4)28-16-21-33(32(27-28)40(5,6)8-2)52-24-12-15-34(49)41-29-17-19-31(20-18-29)47-37(50)35(36(43-47)46-22-25-51-26-23-46)53-38-42-44-45-48(38)30-13-10-9-11-14-30/h9-11,13-14,16-21,27,35H,7-8,12,15,22-26H2,1-6H3,(H,41,49)/t35-/m1/s1. The van der Waals surface area contributed by atoms with Crippen molar-refractivity contribution in [3.63, 3.8) is 0 Å². The number of carbonyl (C=O) groups is 2. The number of aromatic nitrogens is 4. The molecule has 3 aromatic carbocycles. The maximum absolute atomic E-state index is 14.0. The molecule has 0 spiro atoms. The van der Waals surface area contributed by atoms with Crippen LogP contribution in [0.5, 0.6) is 5.75 Å². The van der Waals surface area contributed by atoms with Crippen molar-refractivity contribution in [2.45, 2.75) is 88.5 Å². The maximum Gasteiger partial charge on any atom is 0.268 e. The summed E-state index contributed by atoms with van der Waals surface area (Å²) < 4.78 is 13.5. The van der Waals surface area contributed by atoms with Crippen LogP contribution >= 0.6 is 11.8 Å². The van der Waals surface area contributed by atoms with E-state index in [1.807, 2.05) is 30.3 Å². The molecule has 2 aliphatic heterocycles. The van der Waals surface area contributed by atoms with E-state index < -0.39 is 5.25 Å². The van der Waals surface area contributed by atoms with Crippen molar-refractivity contribution in [1.82, 2.24) is 25.1 Å². The molecule has 0 unspecified atom stereocenters. The molecule has 4 aromatic rings. The zero-order valence-electron chi connectivity index (χ0n) is 31.5. The molecular formula is C40H50N8O4S. The summed E-state index contributed by atoms with van der Waals surface area (Å²) in [5.41, 5.74) is 4.60. The zero-order chi connectivity index (χ0) is 37.6. The fourth-order valence-corrected chi connectivity index (χ4v) is 7.19. The minimum atomic E-state index is -0.659. The second-order valence-electron chi connectivity index (χ2n) is 14.6. The molecule has 1 aromatic heterocycles. The second kappa shape index (κ2) is 16.5. The van der Waals surface area contributed by atoms with Gasteiger partial charge in [0.25, 0.3) is 5.91 Å². The number of nitrogens with one attached hydrogen (secondary N) is 1. The van der Waals surface area contributed by atoms with Gasteiger partial charge < -0.3 is 19.7 Å². The van der Waals surface area contributed by atoms with Crippen LogP contribution in [0.15, 0.2) is 83.1 Å². The third-order valence-corrected chi connectivity index (χ3v) is 11.4. The van der Waals surface area contributed by atoms with E-state index in [9.17, 15) is 9.59 Å². The van der Waals surface area contributed by atoms with Crippen LogP contribution in [0, 0.1) is 0 Å². The summed E-state index contributed by atoms with van der Waals surface area (Å²) in [6.45, 7) is 16.3. The van der Waals surface area contributed by atoms with E-state index in [1.165, 1.54) is 27.9 Å². The number of rotatable bonds is 14. The molecule has 1 atom stereocenters. The topological polar surface area (TPSA) is 127 Å². The molecule has 280 valence electrons. The Labute approximate surface area is 316 Å². The predicted molar refractivity (Wildman–Crippen MR) is 209 cm³/mol. The number of tetrazole rings is 1. The first-order valence-corrected chi connectivity index (χ1v) is 19.3. The van der Waals surface area contributed by atoms with Gasteiger partial charge in [-0.1, -0.05) is 83.6 Å². The van der Waals surface area contributed by atoms with E-state index in [0.29, 0.717) is 68.1 Å². The molecule has 12 nitrogen and oxygen atoms in total. The third-order valence-electron chi connectivity index (χ3n) is 10.3. The number of thioether (sulfide) groups is 1. The van der Waals surface area contributed by atoms with Crippen LogP contribution in [0.3, 0.4) is 0 Å². The normalized spacial score (nSPS) is 16.5. The molecule has 1 saturated heterocycles. The van der Waals surface area contributed by atoms with Gasteiger partial charge >= 0.3 is 0 Å². The summed E-state index contributed by atoms with van der Waals surface area (Å²) in [5, 5.41) is 21.3. The lowest BCUT2D eigenvalue weighted by molar-refractivity contribution is -0.117. The number of ether oxygens (including phenoxy) is 2. The minimum absolute atomic E-state index is 0.0335. The minimum Gasteiger partial charge on any atom is -0.493 e. The van der Waals surface area contributed by atoms with Crippen molar-refractivity contribution < 1.29 is 19.1 Å². The lowest BCUT2D eigenvalue weighted by atomic mass is 9.76. The number of para-hydroxylation sites is 1. The van der Waals surface area contributed by atoms with E-state index in [4.69, 9.17) is 14.6 Å². The van der Waals surface area contributed by atoms with Crippen LogP contribution in [-0.2, 0) is 25.2 Å². The van der Waals surface area contributed by atoms with Gasteiger partial charge in [0.05, 0.1) is 31.2 Å². The van der Waals surface area contributed by atoms with Crippen molar-refractivity contribution in [3.05, 3.63) is 83.9 Å². The highest BCUT2D eigenvalue weighted by atomic mass is 32.2. The van der Waals surface area contributed by atoms with E-state index in [0.717, 1.165) is 24.3 Å². The van der Waals surface area contributed by atoms with Crippen LogP contribution in [0.1, 0.15) is 78.4 Å². The average Bonchev–Trinajstić information content (AvgIpc) is 3.78. The van der Waals surface area contributed by atoms with Crippen molar-refractivity contribution >= 4 is 40.8 Å². The van der Waals surface area contributed by atoms with E-state index in [-0.39, 0.29) is 22.6 Å². The Morgan fingerprint density at radius 1 is 0.943 bits per heavy atom. The number of morpholine rings is 1. The molecule has 0 aliphatic carbocycles. The second-order valence-corrected chi connectivity index (χ2v) is 15.7. The Hall–Kier alpha value is -4.75. The first-order valence-electron chi connectivity index (χ1n) is 18.4. The van der Waals surface area contributed by atoms with Gasteiger partial charge in [-0.05, 0) is 88.5 Å².